The number of hydrogen-bond acceptors (Lipinski definition) is 3. The van der Waals surface area contributed by atoms with E-state index in [1.54, 1.807) is 7.11 Å². The Morgan fingerprint density at radius 3 is 2.44 bits per heavy atom. The molecule has 4 heteroatoms. The van der Waals surface area contributed by atoms with Gasteiger partial charge in [-0.15, -0.1) is 0 Å². The molecule has 0 heterocycles. The Bertz CT molecular complexity index is 365. The molecule has 0 aliphatic carbocycles. The van der Waals surface area contributed by atoms with Crippen molar-refractivity contribution in [3.05, 3.63) is 35.9 Å². The van der Waals surface area contributed by atoms with Gasteiger partial charge in [-0.25, -0.2) is 0 Å². The molecule has 0 bridgehead atoms. The molecule has 0 saturated heterocycles. The molecule has 0 saturated carbocycles. The minimum atomic E-state index is -0.196. The number of nitrogens with two attached hydrogens (primary N) is 1. The second-order valence-corrected chi connectivity index (χ2v) is 4.53. The smallest absolute Gasteiger partial charge is 0.224 e. The van der Waals surface area contributed by atoms with Gasteiger partial charge in [0.25, 0.3) is 0 Å². The molecule has 0 spiro atoms. The average Bonchev–Trinajstić information content (AvgIpc) is 2.39. The number of rotatable bonds is 6. The normalized spacial score (nSPS) is 15.8. The predicted octanol–water partition coefficient (Wildman–Crippen LogP) is 1.47. The SMILES string of the molecule is COC(CNC(=O)C(C)C(C)N)c1ccccc1. The summed E-state index contributed by atoms with van der Waals surface area (Å²) in [5, 5.41) is 2.87. The van der Waals surface area contributed by atoms with Gasteiger partial charge in [-0.05, 0) is 12.5 Å². The lowest BCUT2D eigenvalue weighted by molar-refractivity contribution is -0.125. The van der Waals surface area contributed by atoms with E-state index in [-0.39, 0.29) is 24.0 Å². The fourth-order valence-electron chi connectivity index (χ4n) is 1.60. The molecule has 0 aliphatic rings. The molecule has 1 aromatic rings. The second kappa shape index (κ2) is 7.13. The molecule has 0 radical (unpaired) electrons. The third-order valence-corrected chi connectivity index (χ3v) is 3.12. The van der Waals surface area contributed by atoms with Crippen LogP contribution in [0.1, 0.15) is 25.5 Å². The Labute approximate surface area is 109 Å². The fourth-order valence-corrected chi connectivity index (χ4v) is 1.60. The molecular formula is C14H22N2O2. The first-order chi connectivity index (χ1) is 8.56. The third kappa shape index (κ3) is 4.13. The molecule has 3 unspecified atom stereocenters. The van der Waals surface area contributed by atoms with Gasteiger partial charge in [0.1, 0.15) is 0 Å². The Morgan fingerprint density at radius 2 is 1.94 bits per heavy atom. The van der Waals surface area contributed by atoms with E-state index in [9.17, 15) is 4.79 Å². The molecule has 0 fully saturated rings. The highest BCUT2D eigenvalue weighted by Crippen LogP contribution is 2.15. The van der Waals surface area contributed by atoms with Gasteiger partial charge in [0.15, 0.2) is 0 Å². The first-order valence-electron chi connectivity index (χ1n) is 6.17. The molecule has 100 valence electrons. The largest absolute Gasteiger partial charge is 0.375 e. The van der Waals surface area contributed by atoms with Gasteiger partial charge in [0, 0.05) is 25.6 Å². The maximum atomic E-state index is 11.8. The highest BCUT2D eigenvalue weighted by atomic mass is 16.5. The Morgan fingerprint density at radius 1 is 1.33 bits per heavy atom. The first-order valence-corrected chi connectivity index (χ1v) is 6.17. The summed E-state index contributed by atoms with van der Waals surface area (Å²) in [6.07, 6.45) is -0.129. The minimum absolute atomic E-state index is 0.0389. The van der Waals surface area contributed by atoms with Gasteiger partial charge in [-0.1, -0.05) is 37.3 Å². The monoisotopic (exact) mass is 250 g/mol. The summed E-state index contributed by atoms with van der Waals surface area (Å²) in [6, 6.07) is 9.67. The van der Waals surface area contributed by atoms with Crippen LogP contribution in [-0.2, 0) is 9.53 Å². The van der Waals surface area contributed by atoms with Crippen LogP contribution in [0.5, 0.6) is 0 Å². The standard InChI is InChI=1S/C14H22N2O2/c1-10(11(2)15)14(17)16-9-13(18-3)12-7-5-4-6-8-12/h4-8,10-11,13H,9,15H2,1-3H3,(H,16,17). The highest BCUT2D eigenvalue weighted by Gasteiger charge is 2.18. The van der Waals surface area contributed by atoms with Gasteiger partial charge in [-0.3, -0.25) is 4.79 Å². The summed E-state index contributed by atoms with van der Waals surface area (Å²) in [5.41, 5.74) is 6.74. The van der Waals surface area contributed by atoms with E-state index < -0.39 is 0 Å². The maximum Gasteiger partial charge on any atom is 0.224 e. The molecule has 3 N–H and O–H groups in total. The third-order valence-electron chi connectivity index (χ3n) is 3.12. The lowest BCUT2D eigenvalue weighted by atomic mass is 10.0. The van der Waals surface area contributed by atoms with Crippen LogP contribution in [0.4, 0.5) is 0 Å². The van der Waals surface area contributed by atoms with Gasteiger partial charge >= 0.3 is 0 Å². The number of hydrogen-bond donors (Lipinski definition) is 2. The summed E-state index contributed by atoms with van der Waals surface area (Å²) >= 11 is 0. The lowest BCUT2D eigenvalue weighted by Crippen LogP contribution is -2.40. The summed E-state index contributed by atoms with van der Waals surface area (Å²) < 4.78 is 5.38. The van der Waals surface area contributed by atoms with Crippen LogP contribution < -0.4 is 11.1 Å². The molecule has 0 aromatic heterocycles. The molecule has 0 aliphatic heterocycles. The summed E-state index contributed by atoms with van der Waals surface area (Å²) in [5.74, 6) is -0.235. The van der Waals surface area contributed by atoms with Crippen molar-refractivity contribution in [1.29, 1.82) is 0 Å². The van der Waals surface area contributed by atoms with Crippen molar-refractivity contribution in [2.24, 2.45) is 11.7 Å². The van der Waals surface area contributed by atoms with Crippen LogP contribution in [0.3, 0.4) is 0 Å². The van der Waals surface area contributed by atoms with Gasteiger partial charge in [0.2, 0.25) is 5.91 Å². The Kier molecular flexibility index (Phi) is 5.82. The van der Waals surface area contributed by atoms with Crippen molar-refractivity contribution in [1.82, 2.24) is 5.32 Å². The summed E-state index contributed by atoms with van der Waals surface area (Å²) in [7, 11) is 1.64. The molecule has 1 amide bonds. The highest BCUT2D eigenvalue weighted by molar-refractivity contribution is 5.78. The topological polar surface area (TPSA) is 64.3 Å². The molecule has 18 heavy (non-hydrogen) atoms. The predicted molar refractivity (Wildman–Crippen MR) is 72.0 cm³/mol. The fraction of sp³-hybridized carbons (Fsp3) is 0.500. The second-order valence-electron chi connectivity index (χ2n) is 4.53. The van der Waals surface area contributed by atoms with Crippen LogP contribution in [0.15, 0.2) is 30.3 Å². The van der Waals surface area contributed by atoms with Gasteiger partial charge < -0.3 is 15.8 Å². The summed E-state index contributed by atoms with van der Waals surface area (Å²) in [6.45, 7) is 4.11. The minimum Gasteiger partial charge on any atom is -0.375 e. The van der Waals surface area contributed by atoms with Crippen LogP contribution in [0.25, 0.3) is 0 Å². The van der Waals surface area contributed by atoms with Crippen molar-refractivity contribution >= 4 is 5.91 Å². The quantitative estimate of drug-likeness (QED) is 0.803. The van der Waals surface area contributed by atoms with Crippen LogP contribution >= 0.6 is 0 Å². The van der Waals surface area contributed by atoms with Crippen LogP contribution in [0.2, 0.25) is 0 Å². The van der Waals surface area contributed by atoms with Crippen molar-refractivity contribution in [2.75, 3.05) is 13.7 Å². The van der Waals surface area contributed by atoms with Crippen molar-refractivity contribution in [3.8, 4) is 0 Å². The van der Waals surface area contributed by atoms with Crippen LogP contribution in [-0.4, -0.2) is 25.6 Å². The Balaban J connectivity index is 2.53. The number of methoxy groups -OCH3 is 1. The zero-order chi connectivity index (χ0) is 13.5. The van der Waals surface area contributed by atoms with Gasteiger partial charge in [-0.2, -0.15) is 0 Å². The molecule has 1 rings (SSSR count). The van der Waals surface area contributed by atoms with E-state index in [0.29, 0.717) is 6.54 Å². The molecular weight excluding hydrogens is 228 g/mol. The number of ether oxygens (including phenoxy) is 1. The van der Waals surface area contributed by atoms with E-state index >= 15 is 0 Å². The van der Waals surface area contributed by atoms with Gasteiger partial charge in [0.05, 0.1) is 6.10 Å². The number of carbonyl (C=O) groups is 1. The summed E-state index contributed by atoms with van der Waals surface area (Å²) in [4.78, 5) is 11.8. The number of amides is 1. The molecule has 4 nitrogen and oxygen atoms in total. The number of benzene rings is 1. The van der Waals surface area contributed by atoms with E-state index in [2.05, 4.69) is 5.32 Å². The Hall–Kier alpha value is -1.39. The van der Waals surface area contributed by atoms with Crippen molar-refractivity contribution in [2.45, 2.75) is 26.0 Å². The van der Waals surface area contributed by atoms with Crippen molar-refractivity contribution in [3.63, 3.8) is 0 Å². The molecule has 3 atom stereocenters. The maximum absolute atomic E-state index is 11.8. The first kappa shape index (κ1) is 14.7. The molecule has 1 aromatic carbocycles. The zero-order valence-electron chi connectivity index (χ0n) is 11.2. The van der Waals surface area contributed by atoms with E-state index in [1.165, 1.54) is 0 Å². The average molecular weight is 250 g/mol. The van der Waals surface area contributed by atoms with E-state index in [1.807, 2.05) is 44.2 Å². The van der Waals surface area contributed by atoms with E-state index in [0.717, 1.165) is 5.56 Å². The van der Waals surface area contributed by atoms with E-state index in [4.69, 9.17) is 10.5 Å². The zero-order valence-corrected chi connectivity index (χ0v) is 11.2. The van der Waals surface area contributed by atoms with Crippen molar-refractivity contribution < 1.29 is 9.53 Å². The number of carbonyl (C=O) groups excluding carboxylic acids is 1. The number of nitrogens with one attached hydrogen (secondary N) is 1. The van der Waals surface area contributed by atoms with Crippen LogP contribution in [0, 0.1) is 5.92 Å². The lowest BCUT2D eigenvalue weighted by Gasteiger charge is -2.19.